The second-order valence-electron chi connectivity index (χ2n) is 4.08. The van der Waals surface area contributed by atoms with E-state index < -0.39 is 0 Å². The first-order valence-electron chi connectivity index (χ1n) is 5.75. The van der Waals surface area contributed by atoms with Crippen LogP contribution in [0.25, 0.3) is 22.2 Å². The minimum atomic E-state index is 0.506. The molecule has 0 fully saturated rings. The fourth-order valence-corrected chi connectivity index (χ4v) is 2.08. The molecule has 3 rings (SSSR count). The highest BCUT2D eigenvalue weighted by Crippen LogP contribution is 2.26. The van der Waals surface area contributed by atoms with Gasteiger partial charge in [-0.05, 0) is 12.1 Å². The molecule has 4 heteroatoms. The van der Waals surface area contributed by atoms with Crippen LogP contribution < -0.4 is 0 Å². The average molecular weight is 239 g/mol. The second-order valence-corrected chi connectivity index (χ2v) is 4.08. The van der Waals surface area contributed by atoms with Crippen molar-refractivity contribution in [1.29, 1.82) is 0 Å². The van der Waals surface area contributed by atoms with E-state index in [1.807, 2.05) is 30.5 Å². The van der Waals surface area contributed by atoms with Crippen LogP contribution in [-0.2, 0) is 11.3 Å². The number of imidazole rings is 1. The fraction of sp³-hybridized carbons (Fsp3) is 0.143. The van der Waals surface area contributed by atoms with Crippen LogP contribution in [0, 0.1) is 0 Å². The number of nitrogens with zero attached hydrogens (tertiary/aromatic N) is 2. The summed E-state index contributed by atoms with van der Waals surface area (Å²) in [4.78, 5) is 11.8. The van der Waals surface area contributed by atoms with Crippen molar-refractivity contribution < 1.29 is 4.74 Å². The van der Waals surface area contributed by atoms with Crippen molar-refractivity contribution in [2.75, 3.05) is 7.11 Å². The molecular weight excluding hydrogens is 226 g/mol. The molecule has 18 heavy (non-hydrogen) atoms. The van der Waals surface area contributed by atoms with E-state index in [9.17, 15) is 0 Å². The van der Waals surface area contributed by atoms with E-state index in [1.54, 1.807) is 13.4 Å². The molecule has 2 heterocycles. The van der Waals surface area contributed by atoms with Gasteiger partial charge < -0.3 is 9.72 Å². The summed E-state index contributed by atoms with van der Waals surface area (Å²) in [6, 6.07) is 10.1. The first-order valence-corrected chi connectivity index (χ1v) is 5.75. The van der Waals surface area contributed by atoms with Crippen molar-refractivity contribution >= 4 is 10.9 Å². The van der Waals surface area contributed by atoms with E-state index in [4.69, 9.17) is 4.74 Å². The summed E-state index contributed by atoms with van der Waals surface area (Å²) in [6.45, 7) is 0.506. The predicted octanol–water partition coefficient (Wildman–Crippen LogP) is 2.77. The van der Waals surface area contributed by atoms with Gasteiger partial charge >= 0.3 is 0 Å². The van der Waals surface area contributed by atoms with E-state index in [0.717, 1.165) is 27.9 Å². The molecule has 2 aromatic heterocycles. The van der Waals surface area contributed by atoms with E-state index in [-0.39, 0.29) is 0 Å². The van der Waals surface area contributed by atoms with Crippen molar-refractivity contribution in [3.05, 3.63) is 48.5 Å². The van der Waals surface area contributed by atoms with Gasteiger partial charge in [-0.25, -0.2) is 4.98 Å². The van der Waals surface area contributed by atoms with Crippen molar-refractivity contribution in [3.8, 4) is 11.3 Å². The molecule has 0 aliphatic rings. The normalized spacial score (nSPS) is 10.9. The molecule has 4 nitrogen and oxygen atoms in total. The number of aromatic nitrogens is 3. The number of rotatable bonds is 3. The summed E-state index contributed by atoms with van der Waals surface area (Å²) < 4.78 is 5.16. The number of hydrogen-bond donors (Lipinski definition) is 1. The quantitative estimate of drug-likeness (QED) is 0.764. The Morgan fingerprint density at radius 2 is 2.17 bits per heavy atom. The van der Waals surface area contributed by atoms with Gasteiger partial charge in [0.2, 0.25) is 0 Å². The van der Waals surface area contributed by atoms with Crippen LogP contribution in [0.5, 0.6) is 0 Å². The van der Waals surface area contributed by atoms with Crippen molar-refractivity contribution in [1.82, 2.24) is 15.0 Å². The molecule has 0 spiro atoms. The van der Waals surface area contributed by atoms with E-state index in [1.165, 1.54) is 0 Å². The molecule has 0 aliphatic heterocycles. The maximum absolute atomic E-state index is 5.16. The van der Waals surface area contributed by atoms with Gasteiger partial charge in [-0.3, -0.25) is 4.98 Å². The highest BCUT2D eigenvalue weighted by molar-refractivity contribution is 5.93. The standard InChI is InChI=1S/C14H13N3O/c1-18-8-10-6-12(14-7-15-9-16-14)11-4-2-3-5-13(11)17-10/h2-7,9H,8H2,1H3,(H,15,16). The van der Waals surface area contributed by atoms with Gasteiger partial charge in [0, 0.05) is 18.1 Å². The molecular formula is C14H13N3O. The summed E-state index contributed by atoms with van der Waals surface area (Å²) in [6.07, 6.45) is 3.50. The van der Waals surface area contributed by atoms with Gasteiger partial charge in [0.25, 0.3) is 0 Å². The zero-order chi connectivity index (χ0) is 12.4. The van der Waals surface area contributed by atoms with Crippen molar-refractivity contribution in [3.63, 3.8) is 0 Å². The number of hydrogen-bond acceptors (Lipinski definition) is 3. The smallest absolute Gasteiger partial charge is 0.0924 e. The Labute approximate surface area is 105 Å². The molecule has 0 bridgehead atoms. The monoisotopic (exact) mass is 239 g/mol. The Kier molecular flexibility index (Phi) is 2.78. The second kappa shape index (κ2) is 4.58. The summed E-state index contributed by atoms with van der Waals surface area (Å²) >= 11 is 0. The van der Waals surface area contributed by atoms with Gasteiger partial charge in [-0.15, -0.1) is 0 Å². The zero-order valence-electron chi connectivity index (χ0n) is 10.1. The van der Waals surface area contributed by atoms with Gasteiger partial charge in [-0.2, -0.15) is 0 Å². The number of pyridine rings is 1. The third-order valence-corrected chi connectivity index (χ3v) is 2.85. The van der Waals surface area contributed by atoms with Crippen LogP contribution in [0.2, 0.25) is 0 Å². The number of fused-ring (bicyclic) bond motifs is 1. The molecule has 90 valence electrons. The number of methoxy groups -OCH3 is 1. The number of para-hydroxylation sites is 1. The molecule has 0 atom stereocenters. The average Bonchev–Trinajstić information content (AvgIpc) is 2.92. The Morgan fingerprint density at radius 3 is 2.94 bits per heavy atom. The van der Waals surface area contributed by atoms with Crippen LogP contribution in [0.3, 0.4) is 0 Å². The number of aromatic amines is 1. The highest BCUT2D eigenvalue weighted by atomic mass is 16.5. The van der Waals surface area contributed by atoms with E-state index in [2.05, 4.69) is 21.0 Å². The molecule has 1 aromatic carbocycles. The molecule has 1 N–H and O–H groups in total. The number of benzene rings is 1. The zero-order valence-corrected chi connectivity index (χ0v) is 10.1. The van der Waals surface area contributed by atoms with E-state index in [0.29, 0.717) is 6.61 Å². The minimum absolute atomic E-state index is 0.506. The predicted molar refractivity (Wildman–Crippen MR) is 70.0 cm³/mol. The Bertz CT molecular complexity index is 662. The van der Waals surface area contributed by atoms with Crippen LogP contribution in [0.15, 0.2) is 42.9 Å². The summed E-state index contributed by atoms with van der Waals surface area (Å²) in [5, 5.41) is 1.11. The van der Waals surface area contributed by atoms with Crippen molar-refractivity contribution in [2.24, 2.45) is 0 Å². The maximum Gasteiger partial charge on any atom is 0.0924 e. The summed E-state index contributed by atoms with van der Waals surface area (Å²) in [7, 11) is 1.67. The highest BCUT2D eigenvalue weighted by Gasteiger charge is 2.08. The van der Waals surface area contributed by atoms with Gasteiger partial charge in [0.1, 0.15) is 0 Å². The Balaban J connectivity index is 2.27. The number of H-pyrrole nitrogens is 1. The Morgan fingerprint density at radius 1 is 1.28 bits per heavy atom. The van der Waals surface area contributed by atoms with Crippen LogP contribution >= 0.6 is 0 Å². The lowest BCUT2D eigenvalue weighted by Crippen LogP contribution is -1.95. The third kappa shape index (κ3) is 1.87. The van der Waals surface area contributed by atoms with E-state index >= 15 is 0 Å². The summed E-state index contributed by atoms with van der Waals surface area (Å²) in [5.41, 5.74) is 3.98. The topological polar surface area (TPSA) is 50.8 Å². The molecule has 0 radical (unpaired) electrons. The van der Waals surface area contributed by atoms with Crippen LogP contribution in [0.4, 0.5) is 0 Å². The minimum Gasteiger partial charge on any atom is -0.378 e. The van der Waals surface area contributed by atoms with Gasteiger partial charge in [-0.1, -0.05) is 18.2 Å². The molecule has 0 amide bonds. The largest absolute Gasteiger partial charge is 0.378 e. The molecule has 0 unspecified atom stereocenters. The Hall–Kier alpha value is -2.20. The molecule has 0 aliphatic carbocycles. The van der Waals surface area contributed by atoms with Crippen LogP contribution in [-0.4, -0.2) is 22.1 Å². The van der Waals surface area contributed by atoms with Gasteiger partial charge in [0.05, 0.1) is 36.0 Å². The molecule has 0 saturated heterocycles. The lowest BCUT2D eigenvalue weighted by atomic mass is 10.1. The first kappa shape index (κ1) is 10.9. The molecule has 3 aromatic rings. The van der Waals surface area contributed by atoms with Crippen LogP contribution in [0.1, 0.15) is 5.69 Å². The lowest BCUT2D eigenvalue weighted by Gasteiger charge is -2.07. The first-order chi connectivity index (χ1) is 8.88. The number of nitrogens with one attached hydrogen (secondary N) is 1. The van der Waals surface area contributed by atoms with Crippen molar-refractivity contribution in [2.45, 2.75) is 6.61 Å². The maximum atomic E-state index is 5.16. The SMILES string of the molecule is COCc1cc(-c2cnc[nH]2)c2ccccc2n1. The fourth-order valence-electron chi connectivity index (χ4n) is 2.08. The third-order valence-electron chi connectivity index (χ3n) is 2.85. The molecule has 0 saturated carbocycles. The van der Waals surface area contributed by atoms with Gasteiger partial charge in [0.15, 0.2) is 0 Å². The summed E-state index contributed by atoms with van der Waals surface area (Å²) in [5.74, 6) is 0. The lowest BCUT2D eigenvalue weighted by molar-refractivity contribution is 0.182. The number of ether oxygens (including phenoxy) is 1.